The topological polar surface area (TPSA) is 57.8 Å². The number of aliphatic imine (C=N–C) groups is 1. The zero-order valence-corrected chi connectivity index (χ0v) is 17.7. The Labute approximate surface area is 167 Å². The van der Waals surface area contributed by atoms with Crippen LogP contribution in [0.5, 0.6) is 0 Å². The number of halogens is 1. The molecular weight excluding hydrogens is 427 g/mol. The number of guanidine groups is 1. The van der Waals surface area contributed by atoms with Crippen molar-refractivity contribution in [2.45, 2.75) is 39.2 Å². The van der Waals surface area contributed by atoms with Crippen molar-refractivity contribution >= 4 is 35.6 Å². The second-order valence-electron chi connectivity index (χ2n) is 6.95. The van der Waals surface area contributed by atoms with Gasteiger partial charge in [0.05, 0.1) is 6.54 Å². The van der Waals surface area contributed by atoms with Crippen LogP contribution in [-0.4, -0.2) is 46.1 Å². The molecule has 1 saturated carbocycles. The van der Waals surface area contributed by atoms with Gasteiger partial charge in [-0.25, -0.2) is 0 Å². The van der Waals surface area contributed by atoms with Crippen molar-refractivity contribution in [3.8, 4) is 0 Å². The van der Waals surface area contributed by atoms with Crippen molar-refractivity contribution in [3.63, 3.8) is 0 Å². The number of nitrogens with zero attached hydrogens (tertiary/aromatic N) is 5. The molecule has 0 radical (unpaired) electrons. The summed E-state index contributed by atoms with van der Waals surface area (Å²) in [5, 5.41) is 11.9. The summed E-state index contributed by atoms with van der Waals surface area (Å²) < 4.78 is 2.00. The number of hydrogen-bond acceptors (Lipinski definition) is 3. The molecule has 2 heterocycles. The normalized spacial score (nSPS) is 21.0. The summed E-state index contributed by atoms with van der Waals surface area (Å²) in [7, 11) is 3.96. The molecule has 2 aromatic rings. The highest BCUT2D eigenvalue weighted by Crippen LogP contribution is 2.28. The van der Waals surface area contributed by atoms with Gasteiger partial charge in [-0.3, -0.25) is 9.39 Å². The molecule has 0 amide bonds. The van der Waals surface area contributed by atoms with Crippen molar-refractivity contribution in [2.75, 3.05) is 20.6 Å². The zero-order valence-electron chi connectivity index (χ0n) is 15.4. The number of nitrogens with one attached hydrogen (secondary N) is 1. The van der Waals surface area contributed by atoms with E-state index in [1.165, 1.54) is 25.7 Å². The highest BCUT2D eigenvalue weighted by Gasteiger charge is 2.20. The summed E-state index contributed by atoms with van der Waals surface area (Å²) >= 11 is 0. The molecule has 0 bridgehead atoms. The van der Waals surface area contributed by atoms with Crippen molar-refractivity contribution in [1.29, 1.82) is 0 Å². The van der Waals surface area contributed by atoms with Crippen molar-refractivity contribution in [1.82, 2.24) is 24.8 Å². The number of hydrogen-bond donors (Lipinski definition) is 1. The molecule has 1 N–H and O–H groups in total. The largest absolute Gasteiger partial charge is 0.349 e. The van der Waals surface area contributed by atoms with Crippen LogP contribution in [0.2, 0.25) is 0 Å². The fourth-order valence-electron chi connectivity index (χ4n) is 3.54. The Morgan fingerprint density at radius 2 is 2.04 bits per heavy atom. The number of rotatable bonds is 4. The summed E-state index contributed by atoms with van der Waals surface area (Å²) in [4.78, 5) is 6.66. The molecule has 0 spiro atoms. The predicted octanol–water partition coefficient (Wildman–Crippen LogP) is 3.18. The lowest BCUT2D eigenvalue weighted by Gasteiger charge is -2.31. The second kappa shape index (κ2) is 9.35. The molecule has 1 fully saturated rings. The number of fused-ring (bicyclic) bond motifs is 1. The molecule has 7 heteroatoms. The molecule has 0 atom stereocenters. The zero-order chi connectivity index (χ0) is 16.9. The van der Waals surface area contributed by atoms with Gasteiger partial charge in [-0.05, 0) is 36.8 Å². The van der Waals surface area contributed by atoms with Crippen LogP contribution < -0.4 is 5.32 Å². The minimum absolute atomic E-state index is 0. The second-order valence-corrected chi connectivity index (χ2v) is 6.95. The van der Waals surface area contributed by atoms with Crippen LogP contribution in [0.4, 0.5) is 0 Å². The third-order valence-electron chi connectivity index (χ3n) is 5.03. The van der Waals surface area contributed by atoms with Crippen LogP contribution in [0.1, 0.15) is 38.4 Å². The molecule has 138 valence electrons. The summed E-state index contributed by atoms with van der Waals surface area (Å²) in [5.74, 6) is 3.48. The molecule has 2 aromatic heterocycles. The van der Waals surface area contributed by atoms with Gasteiger partial charge >= 0.3 is 0 Å². The minimum Gasteiger partial charge on any atom is -0.349 e. The average Bonchev–Trinajstić information content (AvgIpc) is 3.01. The Morgan fingerprint density at radius 3 is 2.76 bits per heavy atom. The fraction of sp³-hybridized carbons (Fsp3) is 0.611. The smallest absolute Gasteiger partial charge is 0.193 e. The predicted molar refractivity (Wildman–Crippen MR) is 112 cm³/mol. The first-order chi connectivity index (χ1) is 11.7. The van der Waals surface area contributed by atoms with Gasteiger partial charge in [0.15, 0.2) is 17.4 Å². The highest BCUT2D eigenvalue weighted by molar-refractivity contribution is 14.0. The Balaban J connectivity index is 0.00000225. The molecule has 0 aromatic carbocycles. The van der Waals surface area contributed by atoms with Gasteiger partial charge in [0.1, 0.15) is 0 Å². The monoisotopic (exact) mass is 456 g/mol. The first-order valence-corrected chi connectivity index (χ1v) is 8.87. The third kappa shape index (κ3) is 5.05. The number of aromatic nitrogens is 3. The summed E-state index contributed by atoms with van der Waals surface area (Å²) in [6, 6.07) is 5.92. The van der Waals surface area contributed by atoms with Crippen LogP contribution in [0.3, 0.4) is 0 Å². The standard InChI is InChI=1S/C18H28N6.HI/c1-14-7-9-15(10-8-14)13-23(3)18(19-2)20-12-17-22-21-16-6-4-5-11-24(16)17;/h4-6,11,14-15H,7-10,12-13H2,1-3H3,(H,19,20);1H. The van der Waals surface area contributed by atoms with E-state index in [4.69, 9.17) is 0 Å². The van der Waals surface area contributed by atoms with E-state index in [-0.39, 0.29) is 24.0 Å². The molecule has 0 unspecified atom stereocenters. The molecule has 25 heavy (non-hydrogen) atoms. The van der Waals surface area contributed by atoms with Gasteiger partial charge < -0.3 is 10.2 Å². The van der Waals surface area contributed by atoms with Gasteiger partial charge in [0.2, 0.25) is 0 Å². The highest BCUT2D eigenvalue weighted by atomic mass is 127. The van der Waals surface area contributed by atoms with Gasteiger partial charge in [0, 0.05) is 26.8 Å². The SMILES string of the molecule is CN=C(NCc1nnc2ccccn12)N(C)CC1CCC(C)CC1.I. The molecule has 6 nitrogen and oxygen atoms in total. The van der Waals surface area contributed by atoms with Crippen LogP contribution in [0.15, 0.2) is 29.4 Å². The van der Waals surface area contributed by atoms with E-state index < -0.39 is 0 Å². The molecular formula is C18H29IN6. The van der Waals surface area contributed by atoms with E-state index in [1.807, 2.05) is 35.8 Å². The third-order valence-corrected chi connectivity index (χ3v) is 5.03. The average molecular weight is 456 g/mol. The Kier molecular flexibility index (Phi) is 7.46. The van der Waals surface area contributed by atoms with E-state index in [0.717, 1.165) is 35.8 Å². The maximum Gasteiger partial charge on any atom is 0.193 e. The lowest BCUT2D eigenvalue weighted by molar-refractivity contribution is 0.250. The minimum atomic E-state index is 0. The maximum absolute atomic E-state index is 4.42. The van der Waals surface area contributed by atoms with Crippen molar-refractivity contribution in [3.05, 3.63) is 30.2 Å². The van der Waals surface area contributed by atoms with Crippen LogP contribution in [0, 0.1) is 11.8 Å². The molecule has 1 aliphatic carbocycles. The Hall–Kier alpha value is -1.38. The first kappa shape index (κ1) is 19.9. The van der Waals surface area contributed by atoms with Gasteiger partial charge in [0.25, 0.3) is 0 Å². The van der Waals surface area contributed by atoms with Crippen LogP contribution in [-0.2, 0) is 6.54 Å². The Morgan fingerprint density at radius 1 is 1.28 bits per heavy atom. The maximum atomic E-state index is 4.42. The fourth-order valence-corrected chi connectivity index (χ4v) is 3.54. The van der Waals surface area contributed by atoms with Crippen molar-refractivity contribution < 1.29 is 0 Å². The van der Waals surface area contributed by atoms with Crippen molar-refractivity contribution in [2.24, 2.45) is 16.8 Å². The molecule has 1 aliphatic rings. The summed E-state index contributed by atoms with van der Waals surface area (Å²) in [6.07, 6.45) is 7.36. The lowest BCUT2D eigenvalue weighted by atomic mass is 9.83. The van der Waals surface area contributed by atoms with E-state index in [2.05, 4.69) is 39.4 Å². The first-order valence-electron chi connectivity index (χ1n) is 8.87. The summed E-state index contributed by atoms with van der Waals surface area (Å²) in [6.45, 7) is 4.04. The van der Waals surface area contributed by atoms with Crippen LogP contribution >= 0.6 is 24.0 Å². The van der Waals surface area contributed by atoms with Gasteiger partial charge in [-0.2, -0.15) is 0 Å². The molecule has 0 aliphatic heterocycles. The lowest BCUT2D eigenvalue weighted by Crippen LogP contribution is -2.41. The summed E-state index contributed by atoms with van der Waals surface area (Å²) in [5.41, 5.74) is 0.869. The van der Waals surface area contributed by atoms with Crippen LogP contribution in [0.25, 0.3) is 5.65 Å². The van der Waals surface area contributed by atoms with E-state index in [1.54, 1.807) is 0 Å². The molecule has 3 rings (SSSR count). The number of pyridine rings is 1. The van der Waals surface area contributed by atoms with E-state index in [9.17, 15) is 0 Å². The molecule has 0 saturated heterocycles. The van der Waals surface area contributed by atoms with E-state index >= 15 is 0 Å². The van der Waals surface area contributed by atoms with Gasteiger partial charge in [-0.1, -0.05) is 25.8 Å². The quantitative estimate of drug-likeness (QED) is 0.436. The van der Waals surface area contributed by atoms with E-state index in [0.29, 0.717) is 6.54 Å². The Bertz CT molecular complexity index is 690. The van der Waals surface area contributed by atoms with Gasteiger partial charge in [-0.15, -0.1) is 34.2 Å².